The first-order chi connectivity index (χ1) is 10.8. The number of rotatable bonds is 5. The summed E-state index contributed by atoms with van der Waals surface area (Å²) in [5.74, 6) is 0.431. The van der Waals surface area contributed by atoms with Crippen LogP contribution in [0.3, 0.4) is 0 Å². The summed E-state index contributed by atoms with van der Waals surface area (Å²) in [6.45, 7) is 0. The molecule has 0 amide bonds. The molecule has 3 N–H and O–H groups in total. The third-order valence-corrected chi connectivity index (χ3v) is 3.38. The highest BCUT2D eigenvalue weighted by Gasteiger charge is 2.10. The monoisotopic (exact) mass is 291 g/mol. The van der Waals surface area contributed by atoms with Gasteiger partial charge in [-0.1, -0.05) is 24.3 Å². The maximum atomic E-state index is 7.67. The maximum absolute atomic E-state index is 7.67. The van der Waals surface area contributed by atoms with Gasteiger partial charge >= 0.3 is 0 Å². The number of nitrogens with zero attached hydrogens (tertiary/aromatic N) is 3. The summed E-state index contributed by atoms with van der Waals surface area (Å²) < 4.78 is 1.86. The molecule has 0 aliphatic carbocycles. The van der Waals surface area contributed by atoms with E-state index in [0.717, 1.165) is 29.6 Å². The van der Waals surface area contributed by atoms with Crippen molar-refractivity contribution in [3.63, 3.8) is 0 Å². The van der Waals surface area contributed by atoms with E-state index in [1.54, 1.807) is 6.20 Å². The van der Waals surface area contributed by atoms with Crippen molar-refractivity contribution in [1.29, 1.82) is 5.41 Å². The molecular formula is C17H17N5. The maximum Gasteiger partial charge on any atom is 0.180 e. The SMILES string of the molecule is N=C(N)c1nc2ccccc2n1/C=C/CCc1ccccn1. The molecular weight excluding hydrogens is 274 g/mol. The second-order valence-electron chi connectivity index (χ2n) is 4.95. The summed E-state index contributed by atoms with van der Waals surface area (Å²) in [6.07, 6.45) is 7.51. The standard InChI is InChI=1S/C17H17N5/c18-16(19)17-21-14-9-1-2-10-15(14)22(17)12-6-4-8-13-7-3-5-11-20-13/h1-3,5-7,9-12H,4,8H2,(H3,18,19)/b12-6+. The molecule has 5 nitrogen and oxygen atoms in total. The minimum absolute atomic E-state index is 0.0365. The van der Waals surface area contributed by atoms with Crippen molar-refractivity contribution in [3.8, 4) is 0 Å². The van der Waals surface area contributed by atoms with E-state index in [9.17, 15) is 0 Å². The first kappa shape index (κ1) is 14.0. The van der Waals surface area contributed by atoms with Crippen LogP contribution in [0, 0.1) is 5.41 Å². The van der Waals surface area contributed by atoms with Gasteiger partial charge in [-0.25, -0.2) is 4.98 Å². The topological polar surface area (TPSA) is 80.6 Å². The number of aryl methyl sites for hydroxylation is 1. The number of allylic oxidation sites excluding steroid dienone is 1. The molecule has 0 spiro atoms. The fraction of sp³-hybridized carbons (Fsp3) is 0.118. The Kier molecular flexibility index (Phi) is 3.96. The fourth-order valence-electron chi connectivity index (χ4n) is 2.34. The molecule has 3 rings (SSSR count). The molecule has 3 aromatic rings. The van der Waals surface area contributed by atoms with Gasteiger partial charge in [0.15, 0.2) is 11.7 Å². The van der Waals surface area contributed by atoms with Gasteiger partial charge in [-0.05, 0) is 37.1 Å². The van der Waals surface area contributed by atoms with Crippen LogP contribution in [-0.4, -0.2) is 20.4 Å². The van der Waals surface area contributed by atoms with Gasteiger partial charge in [-0.3, -0.25) is 15.0 Å². The Hall–Kier alpha value is -2.95. The van der Waals surface area contributed by atoms with Crippen molar-refractivity contribution in [1.82, 2.24) is 14.5 Å². The highest BCUT2D eigenvalue weighted by atomic mass is 15.1. The summed E-state index contributed by atoms with van der Waals surface area (Å²) in [5, 5.41) is 7.67. The van der Waals surface area contributed by atoms with Gasteiger partial charge < -0.3 is 5.73 Å². The number of para-hydroxylation sites is 2. The molecule has 22 heavy (non-hydrogen) atoms. The number of hydrogen-bond donors (Lipinski definition) is 2. The molecule has 0 unspecified atom stereocenters. The van der Waals surface area contributed by atoms with Crippen molar-refractivity contribution in [2.45, 2.75) is 12.8 Å². The van der Waals surface area contributed by atoms with Crippen LogP contribution in [0.25, 0.3) is 17.2 Å². The first-order valence-electron chi connectivity index (χ1n) is 7.13. The van der Waals surface area contributed by atoms with Crippen LogP contribution in [-0.2, 0) is 6.42 Å². The third kappa shape index (κ3) is 2.88. The molecule has 0 radical (unpaired) electrons. The average molecular weight is 291 g/mol. The number of benzene rings is 1. The van der Waals surface area contributed by atoms with Crippen LogP contribution in [0.2, 0.25) is 0 Å². The van der Waals surface area contributed by atoms with Crippen LogP contribution < -0.4 is 5.73 Å². The summed E-state index contributed by atoms with van der Waals surface area (Å²) in [4.78, 5) is 8.70. The molecule has 2 aromatic heterocycles. The van der Waals surface area contributed by atoms with Crippen molar-refractivity contribution < 1.29 is 0 Å². The van der Waals surface area contributed by atoms with E-state index in [2.05, 4.69) is 16.0 Å². The molecule has 0 atom stereocenters. The predicted octanol–water partition coefficient (Wildman–Crippen LogP) is 2.82. The van der Waals surface area contributed by atoms with Gasteiger partial charge in [-0.15, -0.1) is 0 Å². The molecule has 5 heteroatoms. The number of nitrogens with two attached hydrogens (primary N) is 1. The van der Waals surface area contributed by atoms with Gasteiger partial charge in [0.1, 0.15) is 0 Å². The highest BCUT2D eigenvalue weighted by Crippen LogP contribution is 2.16. The second kappa shape index (κ2) is 6.22. The van der Waals surface area contributed by atoms with Crippen molar-refractivity contribution in [3.05, 3.63) is 66.3 Å². The summed E-state index contributed by atoms with van der Waals surface area (Å²) in [5.41, 5.74) is 8.48. The van der Waals surface area contributed by atoms with E-state index in [-0.39, 0.29) is 5.84 Å². The van der Waals surface area contributed by atoms with E-state index in [1.165, 1.54) is 0 Å². The van der Waals surface area contributed by atoms with Gasteiger partial charge in [0.05, 0.1) is 11.0 Å². The molecule has 110 valence electrons. The number of hydrogen-bond acceptors (Lipinski definition) is 3. The molecule has 2 heterocycles. The van der Waals surface area contributed by atoms with E-state index >= 15 is 0 Å². The number of imidazole rings is 1. The largest absolute Gasteiger partial charge is 0.381 e. The number of pyridine rings is 1. The van der Waals surface area contributed by atoms with Crippen molar-refractivity contribution >= 4 is 23.1 Å². The number of aromatic nitrogens is 3. The quantitative estimate of drug-likeness (QED) is 0.560. The molecule has 0 saturated carbocycles. The molecule has 0 aliphatic heterocycles. The fourth-order valence-corrected chi connectivity index (χ4v) is 2.34. The number of nitrogens with one attached hydrogen (secondary N) is 1. The van der Waals surface area contributed by atoms with Crippen molar-refractivity contribution in [2.24, 2.45) is 5.73 Å². The summed E-state index contributed by atoms with van der Waals surface area (Å²) in [7, 11) is 0. The van der Waals surface area contributed by atoms with Crippen molar-refractivity contribution in [2.75, 3.05) is 0 Å². The smallest absolute Gasteiger partial charge is 0.180 e. The summed E-state index contributed by atoms with van der Waals surface area (Å²) >= 11 is 0. The van der Waals surface area contributed by atoms with E-state index < -0.39 is 0 Å². The van der Waals surface area contributed by atoms with Crippen LogP contribution in [0.5, 0.6) is 0 Å². The van der Waals surface area contributed by atoms with Gasteiger partial charge in [0, 0.05) is 18.1 Å². The lowest BCUT2D eigenvalue weighted by molar-refractivity contribution is 0.941. The Morgan fingerprint density at radius 3 is 2.77 bits per heavy atom. The average Bonchev–Trinajstić information content (AvgIpc) is 2.92. The lowest BCUT2D eigenvalue weighted by Crippen LogP contribution is -2.16. The zero-order chi connectivity index (χ0) is 15.4. The summed E-state index contributed by atoms with van der Waals surface area (Å²) in [6, 6.07) is 13.7. The lowest BCUT2D eigenvalue weighted by Gasteiger charge is -2.02. The van der Waals surface area contributed by atoms with Gasteiger partial charge in [0.25, 0.3) is 0 Å². The Balaban J connectivity index is 1.82. The number of nitrogen functional groups attached to an aromatic ring is 1. The Labute approximate surface area is 128 Å². The minimum atomic E-state index is -0.0365. The number of fused-ring (bicyclic) bond motifs is 1. The van der Waals surface area contributed by atoms with Gasteiger partial charge in [0.2, 0.25) is 0 Å². The Morgan fingerprint density at radius 2 is 2.00 bits per heavy atom. The minimum Gasteiger partial charge on any atom is -0.381 e. The molecule has 0 aliphatic rings. The zero-order valence-electron chi connectivity index (χ0n) is 12.1. The third-order valence-electron chi connectivity index (χ3n) is 3.38. The predicted molar refractivity (Wildman–Crippen MR) is 88.6 cm³/mol. The normalized spacial score (nSPS) is 11.3. The van der Waals surface area contributed by atoms with E-state index in [1.807, 2.05) is 53.2 Å². The van der Waals surface area contributed by atoms with Crippen LogP contribution in [0.15, 0.2) is 54.7 Å². The van der Waals surface area contributed by atoms with Gasteiger partial charge in [-0.2, -0.15) is 0 Å². The molecule has 0 bridgehead atoms. The van der Waals surface area contributed by atoms with Crippen LogP contribution in [0.1, 0.15) is 17.9 Å². The molecule has 0 saturated heterocycles. The second-order valence-corrected chi connectivity index (χ2v) is 4.95. The van der Waals surface area contributed by atoms with Crippen LogP contribution >= 0.6 is 0 Å². The lowest BCUT2D eigenvalue weighted by atomic mass is 10.2. The van der Waals surface area contributed by atoms with E-state index in [0.29, 0.717) is 5.82 Å². The van der Waals surface area contributed by atoms with Crippen LogP contribution in [0.4, 0.5) is 0 Å². The Morgan fingerprint density at radius 1 is 1.18 bits per heavy atom. The zero-order valence-corrected chi connectivity index (χ0v) is 12.1. The highest BCUT2D eigenvalue weighted by molar-refractivity contribution is 5.96. The molecule has 0 fully saturated rings. The number of amidine groups is 1. The first-order valence-corrected chi connectivity index (χ1v) is 7.13. The Bertz CT molecular complexity index is 817. The molecule has 1 aromatic carbocycles. The van der Waals surface area contributed by atoms with E-state index in [4.69, 9.17) is 11.1 Å².